The molecule has 0 unspecified atom stereocenters. The van der Waals surface area contributed by atoms with Crippen LogP contribution in [0.1, 0.15) is 21.5 Å². The Bertz CT molecular complexity index is 629. The largest absolute Gasteiger partial charge is 0.508 e. The lowest BCUT2D eigenvalue weighted by molar-refractivity contribution is 0.100. The van der Waals surface area contributed by atoms with Gasteiger partial charge in [0.05, 0.1) is 0 Å². The quantitative estimate of drug-likeness (QED) is 0.792. The molecule has 0 aromatic heterocycles. The normalized spacial score (nSPS) is 10.4. The highest BCUT2D eigenvalue weighted by Crippen LogP contribution is 2.19. The number of phenols is 1. The molecule has 104 valence electrons. The van der Waals surface area contributed by atoms with Crippen LogP contribution in [-0.2, 0) is 13.1 Å². The van der Waals surface area contributed by atoms with E-state index in [0.717, 1.165) is 11.1 Å². The van der Waals surface area contributed by atoms with Crippen molar-refractivity contribution in [3.8, 4) is 5.75 Å². The van der Waals surface area contributed by atoms with Gasteiger partial charge in [0.25, 0.3) is 0 Å². The van der Waals surface area contributed by atoms with Crippen molar-refractivity contribution in [2.24, 2.45) is 5.73 Å². The number of benzene rings is 2. The van der Waals surface area contributed by atoms with Gasteiger partial charge in [0, 0.05) is 29.2 Å². The molecule has 2 rings (SSSR count). The summed E-state index contributed by atoms with van der Waals surface area (Å²) in [6, 6.07) is 12.1. The zero-order valence-corrected chi connectivity index (χ0v) is 11.5. The Kier molecular flexibility index (Phi) is 4.61. The third kappa shape index (κ3) is 3.50. The Balaban J connectivity index is 1.98. The zero-order valence-electron chi connectivity index (χ0n) is 10.8. The standard InChI is InChI=1S/C15H15ClN2O2/c16-13-7-10(15(17)20)5-6-11(13)8-18-9-12-3-1-2-4-14(12)19/h1-7,18-19H,8-9H2,(H2,17,20). The Hall–Kier alpha value is -2.04. The van der Waals surface area contributed by atoms with Gasteiger partial charge in [-0.1, -0.05) is 35.9 Å². The predicted molar refractivity (Wildman–Crippen MR) is 78.6 cm³/mol. The van der Waals surface area contributed by atoms with Gasteiger partial charge in [0.15, 0.2) is 0 Å². The molecule has 0 spiro atoms. The van der Waals surface area contributed by atoms with E-state index in [0.29, 0.717) is 23.7 Å². The minimum absolute atomic E-state index is 0.259. The number of carbonyl (C=O) groups excluding carboxylic acids is 1. The van der Waals surface area contributed by atoms with Gasteiger partial charge in [-0.2, -0.15) is 0 Å². The SMILES string of the molecule is NC(=O)c1ccc(CNCc2ccccc2O)c(Cl)c1. The topological polar surface area (TPSA) is 75.4 Å². The first-order valence-electron chi connectivity index (χ1n) is 6.13. The van der Waals surface area contributed by atoms with Gasteiger partial charge in [0.2, 0.25) is 5.91 Å². The van der Waals surface area contributed by atoms with Crippen molar-refractivity contribution in [3.63, 3.8) is 0 Å². The molecule has 0 aliphatic rings. The summed E-state index contributed by atoms with van der Waals surface area (Å²) in [5.74, 6) is -0.240. The summed E-state index contributed by atoms with van der Waals surface area (Å²) in [5, 5.41) is 13.3. The third-order valence-corrected chi connectivity index (χ3v) is 3.31. The van der Waals surface area contributed by atoms with Crippen LogP contribution in [0.2, 0.25) is 5.02 Å². The third-order valence-electron chi connectivity index (χ3n) is 2.96. The van der Waals surface area contributed by atoms with Crippen molar-refractivity contribution in [2.75, 3.05) is 0 Å². The number of hydrogen-bond acceptors (Lipinski definition) is 3. The van der Waals surface area contributed by atoms with E-state index >= 15 is 0 Å². The fourth-order valence-electron chi connectivity index (χ4n) is 1.84. The highest BCUT2D eigenvalue weighted by Gasteiger charge is 2.06. The summed E-state index contributed by atoms with van der Waals surface area (Å²) >= 11 is 6.09. The van der Waals surface area contributed by atoms with E-state index in [1.807, 2.05) is 12.1 Å². The Morgan fingerprint density at radius 2 is 1.85 bits per heavy atom. The van der Waals surface area contributed by atoms with Gasteiger partial charge in [-0.25, -0.2) is 0 Å². The number of amides is 1. The zero-order chi connectivity index (χ0) is 14.5. The first-order valence-corrected chi connectivity index (χ1v) is 6.51. The van der Waals surface area contributed by atoms with Crippen LogP contribution in [0.4, 0.5) is 0 Å². The average molecular weight is 291 g/mol. The minimum atomic E-state index is -0.499. The Morgan fingerprint density at radius 1 is 1.15 bits per heavy atom. The summed E-state index contributed by atoms with van der Waals surface area (Å²) in [6.07, 6.45) is 0. The lowest BCUT2D eigenvalue weighted by Gasteiger charge is -2.09. The number of rotatable bonds is 5. The summed E-state index contributed by atoms with van der Waals surface area (Å²) in [6.45, 7) is 1.06. The lowest BCUT2D eigenvalue weighted by atomic mass is 10.1. The van der Waals surface area contributed by atoms with Gasteiger partial charge in [-0.3, -0.25) is 4.79 Å². The number of nitrogens with two attached hydrogens (primary N) is 1. The molecule has 20 heavy (non-hydrogen) atoms. The van der Waals surface area contributed by atoms with Crippen molar-refractivity contribution >= 4 is 17.5 Å². The van der Waals surface area contributed by atoms with Crippen LogP contribution in [-0.4, -0.2) is 11.0 Å². The van der Waals surface area contributed by atoms with Gasteiger partial charge in [-0.05, 0) is 23.8 Å². The molecule has 4 N–H and O–H groups in total. The number of primary amides is 1. The summed E-state index contributed by atoms with van der Waals surface area (Å²) in [7, 11) is 0. The maximum Gasteiger partial charge on any atom is 0.248 e. The predicted octanol–water partition coefficient (Wildman–Crippen LogP) is 2.43. The second kappa shape index (κ2) is 6.41. The molecule has 0 heterocycles. The van der Waals surface area contributed by atoms with Crippen LogP contribution in [0.25, 0.3) is 0 Å². The second-order valence-corrected chi connectivity index (χ2v) is 4.81. The molecule has 5 heteroatoms. The smallest absolute Gasteiger partial charge is 0.248 e. The molecule has 0 atom stereocenters. The lowest BCUT2D eigenvalue weighted by Crippen LogP contribution is -2.14. The first-order chi connectivity index (χ1) is 9.58. The van der Waals surface area contributed by atoms with Crippen molar-refractivity contribution < 1.29 is 9.90 Å². The molecule has 0 aliphatic heterocycles. The monoisotopic (exact) mass is 290 g/mol. The van der Waals surface area contributed by atoms with Crippen LogP contribution < -0.4 is 11.1 Å². The van der Waals surface area contributed by atoms with E-state index in [2.05, 4.69) is 5.32 Å². The fraction of sp³-hybridized carbons (Fsp3) is 0.133. The molecule has 0 fully saturated rings. The summed E-state index contributed by atoms with van der Waals surface area (Å²) in [4.78, 5) is 11.0. The number of halogens is 1. The Morgan fingerprint density at radius 3 is 2.50 bits per heavy atom. The van der Waals surface area contributed by atoms with Crippen LogP contribution in [0.5, 0.6) is 5.75 Å². The fourth-order valence-corrected chi connectivity index (χ4v) is 2.08. The van der Waals surface area contributed by atoms with Crippen molar-refractivity contribution in [2.45, 2.75) is 13.1 Å². The van der Waals surface area contributed by atoms with Crippen molar-refractivity contribution in [1.29, 1.82) is 0 Å². The maximum atomic E-state index is 11.0. The molecule has 0 saturated heterocycles. The average Bonchev–Trinajstić information content (AvgIpc) is 2.42. The molecule has 2 aromatic rings. The number of para-hydroxylation sites is 1. The highest BCUT2D eigenvalue weighted by atomic mass is 35.5. The molecule has 1 amide bonds. The molecule has 4 nitrogen and oxygen atoms in total. The van der Waals surface area contributed by atoms with E-state index in [1.54, 1.807) is 30.3 Å². The van der Waals surface area contributed by atoms with Gasteiger partial charge in [0.1, 0.15) is 5.75 Å². The van der Waals surface area contributed by atoms with Gasteiger partial charge >= 0.3 is 0 Å². The van der Waals surface area contributed by atoms with Crippen molar-refractivity contribution in [3.05, 3.63) is 64.2 Å². The summed E-state index contributed by atoms with van der Waals surface area (Å²) < 4.78 is 0. The molecule has 0 aliphatic carbocycles. The molecule has 2 aromatic carbocycles. The number of carbonyl (C=O) groups is 1. The van der Waals surface area contributed by atoms with E-state index in [1.165, 1.54) is 0 Å². The number of hydrogen-bond donors (Lipinski definition) is 3. The van der Waals surface area contributed by atoms with E-state index in [4.69, 9.17) is 17.3 Å². The van der Waals surface area contributed by atoms with E-state index < -0.39 is 5.91 Å². The van der Waals surface area contributed by atoms with E-state index in [9.17, 15) is 9.90 Å². The number of nitrogens with one attached hydrogen (secondary N) is 1. The van der Waals surface area contributed by atoms with Crippen LogP contribution >= 0.6 is 11.6 Å². The van der Waals surface area contributed by atoms with Gasteiger partial charge < -0.3 is 16.2 Å². The van der Waals surface area contributed by atoms with Gasteiger partial charge in [-0.15, -0.1) is 0 Å². The Labute approximate surface area is 122 Å². The molecule has 0 bridgehead atoms. The maximum absolute atomic E-state index is 11.0. The van der Waals surface area contributed by atoms with Crippen LogP contribution in [0.15, 0.2) is 42.5 Å². The summed E-state index contributed by atoms with van der Waals surface area (Å²) in [5.41, 5.74) is 7.26. The minimum Gasteiger partial charge on any atom is -0.508 e. The number of aromatic hydroxyl groups is 1. The molecule has 0 radical (unpaired) electrons. The second-order valence-electron chi connectivity index (χ2n) is 4.40. The number of phenolic OH excluding ortho intramolecular Hbond substituents is 1. The van der Waals surface area contributed by atoms with E-state index in [-0.39, 0.29) is 5.75 Å². The van der Waals surface area contributed by atoms with Crippen LogP contribution in [0, 0.1) is 0 Å². The first kappa shape index (κ1) is 14.4. The van der Waals surface area contributed by atoms with Crippen LogP contribution in [0.3, 0.4) is 0 Å². The molecule has 0 saturated carbocycles. The molecular weight excluding hydrogens is 276 g/mol. The highest BCUT2D eigenvalue weighted by molar-refractivity contribution is 6.31. The van der Waals surface area contributed by atoms with Crippen molar-refractivity contribution in [1.82, 2.24) is 5.32 Å². The molecular formula is C15H15ClN2O2.